The predicted molar refractivity (Wildman–Crippen MR) is 73.1 cm³/mol. The van der Waals surface area contributed by atoms with E-state index in [9.17, 15) is 48.3 Å². The largest absolute Gasteiger partial charge is 0.434 e. The summed E-state index contributed by atoms with van der Waals surface area (Å²) in [7, 11) is 0.615. The van der Waals surface area contributed by atoms with Gasteiger partial charge in [-0.1, -0.05) is 6.92 Å². The van der Waals surface area contributed by atoms with Gasteiger partial charge in [-0.05, 0) is 33.5 Å². The molecule has 156 valence electrons. The van der Waals surface area contributed by atoms with Crippen LogP contribution in [-0.4, -0.2) is 48.9 Å². The lowest BCUT2D eigenvalue weighted by Crippen LogP contribution is -2.70. The average Bonchev–Trinajstić information content (AvgIpc) is 2.42. The highest BCUT2D eigenvalue weighted by Crippen LogP contribution is 2.57. The Labute approximate surface area is 143 Å². The van der Waals surface area contributed by atoms with E-state index < -0.39 is 53.8 Å². The van der Waals surface area contributed by atoms with Crippen LogP contribution in [0.25, 0.3) is 0 Å². The summed E-state index contributed by atoms with van der Waals surface area (Å²) in [6, 6.07) is 0. The van der Waals surface area contributed by atoms with Crippen molar-refractivity contribution >= 4 is 7.85 Å². The molecule has 0 aromatic heterocycles. The minimum atomic E-state index is -6.57. The lowest BCUT2D eigenvalue weighted by Gasteiger charge is -2.47. The fourth-order valence-electron chi connectivity index (χ4n) is 2.16. The molecule has 0 saturated heterocycles. The second-order valence-electron chi connectivity index (χ2n) is 6.41. The zero-order chi connectivity index (χ0) is 21.6. The monoisotopic (exact) mass is 410 g/mol. The van der Waals surface area contributed by atoms with Gasteiger partial charge in [0.1, 0.15) is 13.4 Å². The minimum Gasteiger partial charge on any atom is -0.307 e. The molecule has 0 radical (unpaired) electrons. The predicted octanol–water partition coefficient (Wildman–Crippen LogP) is 5.11. The van der Waals surface area contributed by atoms with Gasteiger partial charge in [-0.3, -0.25) is 0 Å². The maximum Gasteiger partial charge on any atom is 0.434 e. The molecule has 0 aromatic rings. The van der Waals surface area contributed by atoms with Crippen LogP contribution in [0.1, 0.15) is 34.1 Å². The molecule has 0 aliphatic rings. The van der Waals surface area contributed by atoms with Gasteiger partial charge in [0.2, 0.25) is 5.67 Å². The van der Waals surface area contributed by atoms with E-state index in [1.807, 2.05) is 0 Å². The lowest BCUT2D eigenvalue weighted by atomic mass is 9.76. The number of hydrogen-bond donors (Lipinski definition) is 0. The normalized spacial score (nSPS) is 23.5. The van der Waals surface area contributed by atoms with Gasteiger partial charge in [-0.15, -0.1) is 0 Å². The highest BCUT2D eigenvalue weighted by atomic mass is 19.4. The zero-order valence-corrected chi connectivity index (χ0v) is 14.5. The molecule has 1 nitrogen and oxygen atoms in total. The molecule has 0 heterocycles. The molecule has 0 rings (SSSR count). The first kappa shape index (κ1) is 25.3. The molecule has 0 aromatic carbocycles. The molecule has 0 fully saturated rings. The van der Waals surface area contributed by atoms with Crippen LogP contribution in [0.5, 0.6) is 0 Å². The van der Waals surface area contributed by atoms with Crippen molar-refractivity contribution in [3.63, 3.8) is 0 Å². The van der Waals surface area contributed by atoms with E-state index in [0.717, 1.165) is 0 Å². The Balaban J connectivity index is 6.45. The lowest BCUT2D eigenvalue weighted by molar-refractivity contribution is -0.443. The number of ether oxygens (including phenoxy) is 1. The first-order valence-electron chi connectivity index (χ1n) is 7.36. The average molecular weight is 410 g/mol. The summed E-state index contributed by atoms with van der Waals surface area (Å²) in [5, 5.41) is 0. The van der Waals surface area contributed by atoms with Gasteiger partial charge in [0, 0.05) is 0 Å². The first-order valence-corrected chi connectivity index (χ1v) is 7.36. The van der Waals surface area contributed by atoms with Crippen LogP contribution >= 0.6 is 0 Å². The molecule has 0 aliphatic heterocycles. The summed E-state index contributed by atoms with van der Waals surface area (Å²) in [5.74, 6) is 0. The van der Waals surface area contributed by atoms with Gasteiger partial charge in [0.05, 0.1) is 0 Å². The topological polar surface area (TPSA) is 9.23 Å². The Morgan fingerprint density at radius 1 is 0.731 bits per heavy atom. The van der Waals surface area contributed by atoms with E-state index in [4.69, 9.17) is 0 Å². The summed E-state index contributed by atoms with van der Waals surface area (Å²) >= 11 is 0. The SMILES string of the molecule is BCC(C)(F)C(F)(C(F)(F)F)C(F)(F)OC(C)(CC)C(C)(F)C(F)(F)F. The number of rotatable bonds is 7. The van der Waals surface area contributed by atoms with Gasteiger partial charge in [-0.25, -0.2) is 13.2 Å². The summed E-state index contributed by atoms with van der Waals surface area (Å²) in [6.07, 6.45) is -21.2. The highest BCUT2D eigenvalue weighted by molar-refractivity contribution is 6.09. The smallest absolute Gasteiger partial charge is 0.307 e. The van der Waals surface area contributed by atoms with E-state index in [-0.39, 0.29) is 20.8 Å². The van der Waals surface area contributed by atoms with Gasteiger partial charge in [0.15, 0.2) is 5.67 Å². The van der Waals surface area contributed by atoms with Gasteiger partial charge in [-0.2, -0.15) is 35.1 Å². The summed E-state index contributed by atoms with van der Waals surface area (Å²) in [4.78, 5) is 0. The van der Waals surface area contributed by atoms with Crippen LogP contribution in [0.4, 0.5) is 48.3 Å². The Morgan fingerprint density at radius 2 is 1.12 bits per heavy atom. The molecular formula is C13H18BF11O. The zero-order valence-electron chi connectivity index (χ0n) is 14.5. The van der Waals surface area contributed by atoms with Crippen LogP contribution in [0.15, 0.2) is 0 Å². The Morgan fingerprint density at radius 3 is 1.35 bits per heavy atom. The van der Waals surface area contributed by atoms with Crippen molar-refractivity contribution in [1.82, 2.24) is 0 Å². The third-order valence-corrected chi connectivity index (χ3v) is 4.73. The molecule has 0 N–H and O–H groups in total. The summed E-state index contributed by atoms with van der Waals surface area (Å²) in [5.41, 5.74) is -18.6. The van der Waals surface area contributed by atoms with Gasteiger partial charge >= 0.3 is 24.1 Å². The van der Waals surface area contributed by atoms with Crippen molar-refractivity contribution < 1.29 is 53.0 Å². The molecule has 0 bridgehead atoms. The standard InChI is InChI=1S/C13H18BF11O/c1-5-8(3,9(4,16)11(18,19)20)26-13(24,25)10(17,12(21,22)23)7(2,15)6-14/h5-6,14H2,1-4H3. The quantitative estimate of drug-likeness (QED) is 0.419. The van der Waals surface area contributed by atoms with E-state index in [1.165, 1.54) is 0 Å². The number of alkyl halides is 11. The molecule has 26 heavy (non-hydrogen) atoms. The van der Waals surface area contributed by atoms with Crippen molar-refractivity contribution in [3.05, 3.63) is 0 Å². The highest BCUT2D eigenvalue weighted by Gasteiger charge is 2.82. The molecule has 13 heteroatoms. The van der Waals surface area contributed by atoms with Crippen molar-refractivity contribution in [2.75, 3.05) is 0 Å². The molecule has 0 spiro atoms. The van der Waals surface area contributed by atoms with Gasteiger partial charge in [0.25, 0.3) is 0 Å². The fraction of sp³-hybridized carbons (Fsp3) is 1.00. The second-order valence-corrected chi connectivity index (χ2v) is 6.41. The van der Waals surface area contributed by atoms with E-state index in [2.05, 4.69) is 4.74 Å². The van der Waals surface area contributed by atoms with Crippen molar-refractivity contribution in [3.8, 4) is 0 Å². The van der Waals surface area contributed by atoms with Crippen molar-refractivity contribution in [2.24, 2.45) is 0 Å². The van der Waals surface area contributed by atoms with E-state index in [0.29, 0.717) is 14.8 Å². The Bertz CT molecular complexity index is 499. The number of halogens is 11. The van der Waals surface area contributed by atoms with Crippen LogP contribution in [0, 0.1) is 0 Å². The van der Waals surface area contributed by atoms with Crippen LogP contribution in [-0.2, 0) is 4.74 Å². The maximum atomic E-state index is 14.4. The van der Waals surface area contributed by atoms with E-state index in [1.54, 1.807) is 0 Å². The number of hydrogen-bond acceptors (Lipinski definition) is 1. The Hall–Kier alpha value is -0.745. The second kappa shape index (κ2) is 6.70. The third kappa shape index (κ3) is 3.64. The molecular weight excluding hydrogens is 392 g/mol. The molecule has 0 amide bonds. The van der Waals surface area contributed by atoms with Crippen LogP contribution in [0.3, 0.4) is 0 Å². The molecule has 4 unspecified atom stereocenters. The minimum absolute atomic E-state index is 0.104. The third-order valence-electron chi connectivity index (χ3n) is 4.73. The summed E-state index contributed by atoms with van der Waals surface area (Å²) < 4.78 is 152. The molecule has 0 aliphatic carbocycles. The van der Waals surface area contributed by atoms with Crippen molar-refractivity contribution in [1.29, 1.82) is 0 Å². The van der Waals surface area contributed by atoms with Crippen LogP contribution in [0.2, 0.25) is 6.32 Å². The molecule has 4 atom stereocenters. The Kier molecular flexibility index (Phi) is 6.51. The van der Waals surface area contributed by atoms with Gasteiger partial charge < -0.3 is 4.74 Å². The van der Waals surface area contributed by atoms with Crippen molar-refractivity contribution in [2.45, 2.75) is 81.5 Å². The van der Waals surface area contributed by atoms with E-state index >= 15 is 0 Å². The first-order chi connectivity index (χ1) is 11.1. The maximum absolute atomic E-state index is 14.4. The fourth-order valence-corrected chi connectivity index (χ4v) is 2.16. The van der Waals surface area contributed by atoms with Crippen LogP contribution < -0.4 is 0 Å². The molecule has 0 saturated carbocycles. The summed E-state index contributed by atoms with van der Waals surface area (Å²) in [6.45, 7) is 0.433.